The van der Waals surface area contributed by atoms with Gasteiger partial charge in [0.1, 0.15) is 5.75 Å². The van der Waals surface area contributed by atoms with E-state index in [0.717, 1.165) is 12.1 Å². The van der Waals surface area contributed by atoms with Gasteiger partial charge >= 0.3 is 6.36 Å². The minimum Gasteiger partial charge on any atom is -0.406 e. The van der Waals surface area contributed by atoms with Crippen molar-refractivity contribution in [3.8, 4) is 5.75 Å². The molecular formula is C11H10BrF3O2. The number of ketones is 1. The summed E-state index contributed by atoms with van der Waals surface area (Å²) in [6.45, 7) is 3.35. The lowest BCUT2D eigenvalue weighted by Crippen LogP contribution is -2.17. The number of Topliss-reactive ketones (excluding diaryl/α,β-unsaturated/α-hetero) is 1. The Morgan fingerprint density at radius 1 is 1.29 bits per heavy atom. The van der Waals surface area contributed by atoms with E-state index in [1.807, 2.05) is 0 Å². The molecule has 0 amide bonds. The first-order valence-corrected chi connectivity index (χ1v) is 5.59. The second-order valence-electron chi connectivity index (χ2n) is 3.74. The molecule has 94 valence electrons. The Kier molecular flexibility index (Phi) is 4.19. The first-order valence-electron chi connectivity index (χ1n) is 4.79. The van der Waals surface area contributed by atoms with E-state index in [2.05, 4.69) is 20.7 Å². The fraction of sp³-hybridized carbons (Fsp3) is 0.364. The van der Waals surface area contributed by atoms with E-state index in [1.54, 1.807) is 13.8 Å². The molecule has 0 aliphatic heterocycles. The summed E-state index contributed by atoms with van der Waals surface area (Å²) in [7, 11) is 0. The van der Waals surface area contributed by atoms with E-state index >= 15 is 0 Å². The maximum absolute atomic E-state index is 12.0. The lowest BCUT2D eigenvalue weighted by Gasteiger charge is -2.11. The summed E-state index contributed by atoms with van der Waals surface area (Å²) in [6, 6.07) is 3.71. The molecule has 0 radical (unpaired) electrons. The SMILES string of the molecule is CC(C)C(=O)c1cc(Br)cc(OC(F)(F)F)c1. The Labute approximate surface area is 105 Å². The number of hydrogen-bond acceptors (Lipinski definition) is 2. The zero-order chi connectivity index (χ0) is 13.2. The number of halogens is 4. The zero-order valence-corrected chi connectivity index (χ0v) is 10.7. The van der Waals surface area contributed by atoms with Crippen LogP contribution < -0.4 is 4.74 Å². The number of benzene rings is 1. The van der Waals surface area contributed by atoms with Gasteiger partial charge in [-0.05, 0) is 18.2 Å². The molecule has 0 atom stereocenters. The third kappa shape index (κ3) is 4.38. The predicted octanol–water partition coefficient (Wildman–Crippen LogP) is 4.19. The van der Waals surface area contributed by atoms with Crippen molar-refractivity contribution in [3.05, 3.63) is 28.2 Å². The van der Waals surface area contributed by atoms with Gasteiger partial charge in [-0.2, -0.15) is 0 Å². The van der Waals surface area contributed by atoms with Crippen molar-refractivity contribution >= 4 is 21.7 Å². The third-order valence-electron chi connectivity index (χ3n) is 1.91. The highest BCUT2D eigenvalue weighted by Gasteiger charge is 2.31. The van der Waals surface area contributed by atoms with Crippen molar-refractivity contribution < 1.29 is 22.7 Å². The molecule has 6 heteroatoms. The van der Waals surface area contributed by atoms with Gasteiger partial charge in [0.2, 0.25) is 0 Å². The van der Waals surface area contributed by atoms with Crippen LogP contribution in [-0.4, -0.2) is 12.1 Å². The molecule has 1 aromatic rings. The highest BCUT2D eigenvalue weighted by atomic mass is 79.9. The lowest BCUT2D eigenvalue weighted by atomic mass is 10.0. The molecule has 0 spiro atoms. The maximum atomic E-state index is 12.0. The first kappa shape index (κ1) is 14.0. The highest BCUT2D eigenvalue weighted by Crippen LogP contribution is 2.28. The molecular weight excluding hydrogens is 301 g/mol. The van der Waals surface area contributed by atoms with E-state index in [1.165, 1.54) is 6.07 Å². The van der Waals surface area contributed by atoms with Crippen molar-refractivity contribution in [2.75, 3.05) is 0 Å². The zero-order valence-electron chi connectivity index (χ0n) is 9.14. The number of hydrogen-bond donors (Lipinski definition) is 0. The number of carbonyl (C=O) groups excluding carboxylic acids is 1. The fourth-order valence-corrected chi connectivity index (χ4v) is 1.70. The van der Waals surface area contributed by atoms with Crippen LogP contribution in [-0.2, 0) is 0 Å². The molecule has 1 rings (SSSR count). The Morgan fingerprint density at radius 2 is 1.88 bits per heavy atom. The van der Waals surface area contributed by atoms with Gasteiger partial charge in [0, 0.05) is 16.0 Å². The van der Waals surface area contributed by atoms with Crippen molar-refractivity contribution in [2.45, 2.75) is 20.2 Å². The molecule has 0 bridgehead atoms. The van der Waals surface area contributed by atoms with Crippen LogP contribution in [0, 0.1) is 5.92 Å². The maximum Gasteiger partial charge on any atom is 0.573 e. The number of carbonyl (C=O) groups is 1. The van der Waals surface area contributed by atoms with Crippen LogP contribution >= 0.6 is 15.9 Å². The summed E-state index contributed by atoms with van der Waals surface area (Å²) in [6.07, 6.45) is -4.76. The second kappa shape index (κ2) is 5.08. The summed E-state index contributed by atoms with van der Waals surface area (Å²) in [5.41, 5.74) is 0.189. The van der Waals surface area contributed by atoms with E-state index in [0.29, 0.717) is 4.47 Å². The van der Waals surface area contributed by atoms with Crippen molar-refractivity contribution in [1.82, 2.24) is 0 Å². The van der Waals surface area contributed by atoms with Gasteiger partial charge in [-0.15, -0.1) is 13.2 Å². The molecule has 2 nitrogen and oxygen atoms in total. The van der Waals surface area contributed by atoms with Crippen LogP contribution in [0.5, 0.6) is 5.75 Å². The largest absolute Gasteiger partial charge is 0.573 e. The van der Waals surface area contributed by atoms with E-state index < -0.39 is 12.1 Å². The average molecular weight is 311 g/mol. The highest BCUT2D eigenvalue weighted by molar-refractivity contribution is 9.10. The number of ether oxygens (including phenoxy) is 1. The van der Waals surface area contributed by atoms with Crippen molar-refractivity contribution in [3.63, 3.8) is 0 Å². The Balaban J connectivity index is 3.07. The number of rotatable bonds is 3. The van der Waals surface area contributed by atoms with Crippen molar-refractivity contribution in [1.29, 1.82) is 0 Å². The molecule has 0 saturated carbocycles. The summed E-state index contributed by atoms with van der Waals surface area (Å²) in [5, 5.41) is 0. The molecule has 0 saturated heterocycles. The van der Waals surface area contributed by atoms with Crippen LogP contribution in [0.15, 0.2) is 22.7 Å². The van der Waals surface area contributed by atoms with Gasteiger partial charge < -0.3 is 4.74 Å². The summed E-state index contributed by atoms with van der Waals surface area (Å²) >= 11 is 3.04. The average Bonchev–Trinajstić information content (AvgIpc) is 2.12. The number of alkyl halides is 3. The minimum absolute atomic E-state index is 0.189. The Bertz CT molecular complexity index is 427. The first-order chi connectivity index (χ1) is 7.69. The predicted molar refractivity (Wildman–Crippen MR) is 60.0 cm³/mol. The van der Waals surface area contributed by atoms with Gasteiger partial charge in [-0.25, -0.2) is 0 Å². The summed E-state index contributed by atoms with van der Waals surface area (Å²) in [5.74, 6) is -0.933. The van der Waals surface area contributed by atoms with Gasteiger partial charge in [0.25, 0.3) is 0 Å². The minimum atomic E-state index is -4.76. The van der Waals surface area contributed by atoms with E-state index in [9.17, 15) is 18.0 Å². The smallest absolute Gasteiger partial charge is 0.406 e. The summed E-state index contributed by atoms with van der Waals surface area (Å²) in [4.78, 5) is 11.7. The second-order valence-corrected chi connectivity index (χ2v) is 4.66. The molecule has 0 unspecified atom stereocenters. The fourth-order valence-electron chi connectivity index (χ4n) is 1.23. The van der Waals surface area contributed by atoms with Crippen molar-refractivity contribution in [2.24, 2.45) is 5.92 Å². The quantitative estimate of drug-likeness (QED) is 0.783. The summed E-state index contributed by atoms with van der Waals surface area (Å²) < 4.78 is 40.3. The van der Waals surface area contributed by atoms with Gasteiger partial charge in [-0.3, -0.25) is 4.79 Å². The molecule has 0 aliphatic carbocycles. The molecule has 0 aliphatic rings. The normalized spacial score (nSPS) is 11.7. The van der Waals surface area contributed by atoms with E-state index in [-0.39, 0.29) is 17.3 Å². The topological polar surface area (TPSA) is 26.3 Å². The third-order valence-corrected chi connectivity index (χ3v) is 2.37. The van der Waals surface area contributed by atoms with E-state index in [4.69, 9.17) is 0 Å². The molecule has 17 heavy (non-hydrogen) atoms. The molecule has 0 fully saturated rings. The van der Waals surface area contributed by atoms with Crippen LogP contribution in [0.3, 0.4) is 0 Å². The molecule has 0 heterocycles. The Morgan fingerprint density at radius 3 is 2.35 bits per heavy atom. The van der Waals surface area contributed by atoms with Crippen LogP contribution in [0.4, 0.5) is 13.2 Å². The molecule has 1 aromatic carbocycles. The van der Waals surface area contributed by atoms with Gasteiger partial charge in [0.05, 0.1) is 0 Å². The van der Waals surface area contributed by atoms with Gasteiger partial charge in [0.15, 0.2) is 5.78 Å². The van der Waals surface area contributed by atoms with Crippen LogP contribution in [0.1, 0.15) is 24.2 Å². The molecule has 0 N–H and O–H groups in total. The molecule has 0 aromatic heterocycles. The van der Waals surface area contributed by atoms with Crippen LogP contribution in [0.2, 0.25) is 0 Å². The Hall–Kier alpha value is -1.04. The lowest BCUT2D eigenvalue weighted by molar-refractivity contribution is -0.274. The van der Waals surface area contributed by atoms with Gasteiger partial charge in [-0.1, -0.05) is 29.8 Å². The standard InChI is InChI=1S/C11H10BrF3O2/c1-6(2)10(16)7-3-8(12)5-9(4-7)17-11(13,14)15/h3-6H,1-2H3. The van der Waals surface area contributed by atoms with Crippen LogP contribution in [0.25, 0.3) is 0 Å². The monoisotopic (exact) mass is 310 g/mol.